The highest BCUT2D eigenvalue weighted by atomic mass is 19.1. The zero-order valence-electron chi connectivity index (χ0n) is 10.9. The standard InChI is InChI=1S/C14H19FN2O/c1-10(2)16-7-5-14(18)17-8-6-11-3-4-12(15)9-13(11)17/h3-4,9-10,16H,5-8H2,1-2H3. The number of nitrogens with one attached hydrogen (secondary N) is 1. The first-order valence-electron chi connectivity index (χ1n) is 6.40. The molecule has 1 aromatic rings. The number of carbonyl (C=O) groups is 1. The van der Waals surface area contributed by atoms with Crippen molar-refractivity contribution in [1.29, 1.82) is 0 Å². The lowest BCUT2D eigenvalue weighted by molar-refractivity contribution is -0.118. The number of anilines is 1. The number of amides is 1. The normalized spacial score (nSPS) is 14.1. The van der Waals surface area contributed by atoms with Gasteiger partial charge in [-0.3, -0.25) is 4.79 Å². The molecular weight excluding hydrogens is 231 g/mol. The molecule has 3 nitrogen and oxygen atoms in total. The highest BCUT2D eigenvalue weighted by Gasteiger charge is 2.24. The number of rotatable bonds is 4. The third-order valence-corrected chi connectivity index (χ3v) is 3.14. The van der Waals surface area contributed by atoms with E-state index in [0.29, 0.717) is 25.6 Å². The van der Waals surface area contributed by atoms with Crippen LogP contribution in [0, 0.1) is 5.82 Å². The van der Waals surface area contributed by atoms with E-state index in [4.69, 9.17) is 0 Å². The van der Waals surface area contributed by atoms with Gasteiger partial charge in [-0.05, 0) is 24.1 Å². The van der Waals surface area contributed by atoms with Gasteiger partial charge in [0.05, 0.1) is 0 Å². The summed E-state index contributed by atoms with van der Waals surface area (Å²) in [5, 5.41) is 3.21. The van der Waals surface area contributed by atoms with Crippen molar-refractivity contribution in [2.45, 2.75) is 32.7 Å². The molecule has 2 rings (SSSR count). The monoisotopic (exact) mass is 250 g/mol. The second-order valence-electron chi connectivity index (χ2n) is 4.93. The molecule has 1 heterocycles. The number of hydrogen-bond acceptors (Lipinski definition) is 2. The number of nitrogens with zero attached hydrogens (tertiary/aromatic N) is 1. The maximum absolute atomic E-state index is 13.2. The van der Waals surface area contributed by atoms with E-state index in [-0.39, 0.29) is 11.7 Å². The van der Waals surface area contributed by atoms with Crippen LogP contribution in [0.3, 0.4) is 0 Å². The molecule has 0 aromatic heterocycles. The molecule has 0 bridgehead atoms. The Hall–Kier alpha value is -1.42. The Morgan fingerprint density at radius 1 is 1.50 bits per heavy atom. The van der Waals surface area contributed by atoms with Crippen LogP contribution >= 0.6 is 0 Å². The molecule has 0 fully saturated rings. The summed E-state index contributed by atoms with van der Waals surface area (Å²) in [4.78, 5) is 13.8. The second-order valence-corrected chi connectivity index (χ2v) is 4.93. The predicted octanol–water partition coefficient (Wildman–Crippen LogP) is 2.10. The van der Waals surface area contributed by atoms with Gasteiger partial charge in [0.15, 0.2) is 0 Å². The molecule has 0 radical (unpaired) electrons. The maximum Gasteiger partial charge on any atom is 0.228 e. The van der Waals surface area contributed by atoms with E-state index in [0.717, 1.165) is 17.7 Å². The van der Waals surface area contributed by atoms with Crippen LogP contribution in [0.25, 0.3) is 0 Å². The van der Waals surface area contributed by atoms with Crippen molar-refractivity contribution < 1.29 is 9.18 Å². The van der Waals surface area contributed by atoms with Crippen LogP contribution < -0.4 is 10.2 Å². The van der Waals surface area contributed by atoms with Crippen molar-refractivity contribution in [2.24, 2.45) is 0 Å². The summed E-state index contributed by atoms with van der Waals surface area (Å²) in [6.45, 7) is 5.42. The van der Waals surface area contributed by atoms with Gasteiger partial charge in [0.25, 0.3) is 0 Å². The van der Waals surface area contributed by atoms with E-state index in [1.165, 1.54) is 12.1 Å². The molecule has 4 heteroatoms. The number of hydrogen-bond donors (Lipinski definition) is 1. The van der Waals surface area contributed by atoms with Crippen molar-refractivity contribution in [3.63, 3.8) is 0 Å². The van der Waals surface area contributed by atoms with Crippen molar-refractivity contribution in [2.75, 3.05) is 18.0 Å². The second kappa shape index (κ2) is 5.48. The molecule has 1 aromatic carbocycles. The fourth-order valence-corrected chi connectivity index (χ4v) is 2.21. The lowest BCUT2D eigenvalue weighted by Crippen LogP contribution is -2.33. The summed E-state index contributed by atoms with van der Waals surface area (Å²) in [6, 6.07) is 5.05. The molecule has 98 valence electrons. The quantitative estimate of drug-likeness (QED) is 0.887. The highest BCUT2D eigenvalue weighted by Crippen LogP contribution is 2.28. The molecule has 0 unspecified atom stereocenters. The van der Waals surface area contributed by atoms with Crippen LogP contribution in [0.4, 0.5) is 10.1 Å². The topological polar surface area (TPSA) is 32.3 Å². The zero-order chi connectivity index (χ0) is 13.1. The Morgan fingerprint density at radius 3 is 3.00 bits per heavy atom. The minimum Gasteiger partial charge on any atom is -0.314 e. The largest absolute Gasteiger partial charge is 0.314 e. The van der Waals surface area contributed by atoms with Gasteiger partial charge in [-0.15, -0.1) is 0 Å². The average molecular weight is 250 g/mol. The van der Waals surface area contributed by atoms with Gasteiger partial charge in [-0.25, -0.2) is 4.39 Å². The van der Waals surface area contributed by atoms with Gasteiger partial charge in [-0.2, -0.15) is 0 Å². The van der Waals surface area contributed by atoms with Crippen LogP contribution in [-0.2, 0) is 11.2 Å². The van der Waals surface area contributed by atoms with Gasteiger partial charge < -0.3 is 10.2 Å². The molecule has 18 heavy (non-hydrogen) atoms. The number of halogens is 1. The van der Waals surface area contributed by atoms with E-state index < -0.39 is 0 Å². The van der Waals surface area contributed by atoms with Crippen LogP contribution in [0.15, 0.2) is 18.2 Å². The zero-order valence-corrected chi connectivity index (χ0v) is 10.9. The molecule has 1 N–H and O–H groups in total. The van der Waals surface area contributed by atoms with Gasteiger partial charge in [0.1, 0.15) is 5.82 Å². The van der Waals surface area contributed by atoms with E-state index in [2.05, 4.69) is 5.32 Å². The van der Waals surface area contributed by atoms with Crippen LogP contribution in [0.5, 0.6) is 0 Å². The molecule has 0 saturated heterocycles. The molecule has 1 amide bonds. The SMILES string of the molecule is CC(C)NCCC(=O)N1CCc2ccc(F)cc21. The van der Waals surface area contributed by atoms with Gasteiger partial charge in [-0.1, -0.05) is 19.9 Å². The van der Waals surface area contributed by atoms with Gasteiger partial charge in [0.2, 0.25) is 5.91 Å². The lowest BCUT2D eigenvalue weighted by atomic mass is 10.1. The Bertz CT molecular complexity index is 445. The first kappa shape index (κ1) is 13.0. The Kier molecular flexibility index (Phi) is 3.97. The first-order chi connectivity index (χ1) is 8.58. The fraction of sp³-hybridized carbons (Fsp3) is 0.500. The van der Waals surface area contributed by atoms with Crippen LogP contribution in [0.2, 0.25) is 0 Å². The van der Waals surface area contributed by atoms with E-state index >= 15 is 0 Å². The summed E-state index contributed by atoms with van der Waals surface area (Å²) in [7, 11) is 0. The van der Waals surface area contributed by atoms with Crippen LogP contribution in [-0.4, -0.2) is 25.0 Å². The van der Waals surface area contributed by atoms with E-state index in [9.17, 15) is 9.18 Å². The first-order valence-corrected chi connectivity index (χ1v) is 6.40. The molecule has 0 aliphatic carbocycles. The summed E-state index contributed by atoms with van der Waals surface area (Å²) in [5.74, 6) is -0.221. The Morgan fingerprint density at radius 2 is 2.28 bits per heavy atom. The fourth-order valence-electron chi connectivity index (χ4n) is 2.21. The number of carbonyl (C=O) groups excluding carboxylic acids is 1. The van der Waals surface area contributed by atoms with Crippen molar-refractivity contribution in [1.82, 2.24) is 5.32 Å². The molecule has 0 saturated carbocycles. The number of benzene rings is 1. The smallest absolute Gasteiger partial charge is 0.228 e. The molecule has 0 atom stereocenters. The van der Waals surface area contributed by atoms with Crippen LogP contribution in [0.1, 0.15) is 25.8 Å². The van der Waals surface area contributed by atoms with Gasteiger partial charge >= 0.3 is 0 Å². The third-order valence-electron chi connectivity index (χ3n) is 3.14. The number of fused-ring (bicyclic) bond motifs is 1. The summed E-state index contributed by atoms with van der Waals surface area (Å²) in [6.07, 6.45) is 1.27. The summed E-state index contributed by atoms with van der Waals surface area (Å²) in [5.41, 5.74) is 1.80. The molecule has 0 spiro atoms. The van der Waals surface area contributed by atoms with E-state index in [1.54, 1.807) is 11.0 Å². The summed E-state index contributed by atoms with van der Waals surface area (Å²) >= 11 is 0. The third kappa shape index (κ3) is 2.88. The molecule has 1 aliphatic heterocycles. The van der Waals surface area contributed by atoms with Gasteiger partial charge in [0, 0.05) is 31.2 Å². The highest BCUT2D eigenvalue weighted by molar-refractivity contribution is 5.95. The van der Waals surface area contributed by atoms with Crippen molar-refractivity contribution >= 4 is 11.6 Å². The van der Waals surface area contributed by atoms with E-state index in [1.807, 2.05) is 13.8 Å². The molecule has 1 aliphatic rings. The average Bonchev–Trinajstić information content (AvgIpc) is 2.71. The minimum atomic E-state index is -0.284. The summed E-state index contributed by atoms with van der Waals surface area (Å²) < 4.78 is 13.2. The predicted molar refractivity (Wildman–Crippen MR) is 70.2 cm³/mol. The maximum atomic E-state index is 13.2. The van der Waals surface area contributed by atoms with Crippen molar-refractivity contribution in [3.8, 4) is 0 Å². The Labute approximate surface area is 107 Å². The Balaban J connectivity index is 2.00. The molecular formula is C14H19FN2O. The lowest BCUT2D eigenvalue weighted by Gasteiger charge is -2.18. The van der Waals surface area contributed by atoms with Crippen molar-refractivity contribution in [3.05, 3.63) is 29.6 Å². The minimum absolute atomic E-state index is 0.0625.